The topological polar surface area (TPSA) is 84.1 Å². The summed E-state index contributed by atoms with van der Waals surface area (Å²) < 4.78 is 75.3. The number of amides is 1. The number of hydrogen-bond donors (Lipinski definition) is 2. The zero-order valence-electron chi connectivity index (χ0n) is 20.1. The Morgan fingerprint density at radius 2 is 1.92 bits per heavy atom. The van der Waals surface area contributed by atoms with Crippen LogP contribution in [0.4, 0.5) is 22.0 Å². The smallest absolute Gasteiger partial charge is 0.373 e. The molecular formula is C26H23ClF5N3O3. The van der Waals surface area contributed by atoms with Gasteiger partial charge in [-0.25, -0.2) is 13.8 Å². The van der Waals surface area contributed by atoms with Gasteiger partial charge in [-0.05, 0) is 43.0 Å². The first-order valence-corrected chi connectivity index (χ1v) is 12.2. The molecule has 1 aliphatic rings. The van der Waals surface area contributed by atoms with Crippen LogP contribution in [-0.2, 0) is 35.3 Å². The van der Waals surface area contributed by atoms with Gasteiger partial charge in [0.05, 0.1) is 28.9 Å². The Hall–Kier alpha value is -3.31. The van der Waals surface area contributed by atoms with Gasteiger partial charge < -0.3 is 15.0 Å². The molecule has 1 heterocycles. The Balaban J connectivity index is 1.41. The van der Waals surface area contributed by atoms with Crippen molar-refractivity contribution in [2.75, 3.05) is 0 Å². The lowest BCUT2D eigenvalue weighted by atomic mass is 9.81. The number of aromatic amines is 1. The highest BCUT2D eigenvalue weighted by Crippen LogP contribution is 2.38. The highest BCUT2D eigenvalue weighted by atomic mass is 35.5. The summed E-state index contributed by atoms with van der Waals surface area (Å²) in [6, 6.07) is 7.01. The van der Waals surface area contributed by atoms with Crippen molar-refractivity contribution >= 4 is 17.5 Å². The van der Waals surface area contributed by atoms with Crippen LogP contribution in [0.15, 0.2) is 41.2 Å². The Bertz CT molecular complexity index is 1400. The molecule has 1 aromatic heterocycles. The van der Waals surface area contributed by atoms with Crippen LogP contribution in [0.1, 0.15) is 42.1 Å². The summed E-state index contributed by atoms with van der Waals surface area (Å²) in [5.41, 5.74) is -2.18. The van der Waals surface area contributed by atoms with Crippen molar-refractivity contribution in [2.45, 2.75) is 51.6 Å². The van der Waals surface area contributed by atoms with Crippen molar-refractivity contribution in [3.8, 4) is 11.4 Å². The molecule has 0 aliphatic heterocycles. The molecule has 1 fully saturated rings. The lowest BCUT2D eigenvalue weighted by Crippen LogP contribution is -2.42. The van der Waals surface area contributed by atoms with Crippen molar-refractivity contribution in [1.29, 1.82) is 0 Å². The zero-order chi connectivity index (χ0) is 27.6. The van der Waals surface area contributed by atoms with E-state index in [-0.39, 0.29) is 42.0 Å². The van der Waals surface area contributed by atoms with Crippen LogP contribution in [0.5, 0.6) is 0 Å². The second kappa shape index (κ2) is 11.2. The van der Waals surface area contributed by atoms with Gasteiger partial charge in [0, 0.05) is 29.8 Å². The summed E-state index contributed by atoms with van der Waals surface area (Å²) in [7, 11) is 0. The zero-order valence-corrected chi connectivity index (χ0v) is 20.9. The first kappa shape index (κ1) is 27.7. The fourth-order valence-corrected chi connectivity index (χ4v) is 4.32. The number of nitrogens with zero attached hydrogens (tertiary/aromatic N) is 1. The van der Waals surface area contributed by atoms with Gasteiger partial charge in [0.25, 0.3) is 5.56 Å². The Labute approximate surface area is 219 Å². The first-order chi connectivity index (χ1) is 18.0. The molecule has 6 nitrogen and oxygen atoms in total. The van der Waals surface area contributed by atoms with Gasteiger partial charge in [-0.2, -0.15) is 13.2 Å². The van der Waals surface area contributed by atoms with Gasteiger partial charge in [0.15, 0.2) is 0 Å². The Morgan fingerprint density at radius 3 is 2.58 bits per heavy atom. The highest BCUT2D eigenvalue weighted by molar-refractivity contribution is 6.30. The largest absolute Gasteiger partial charge is 0.417 e. The fraction of sp³-hybridized carbons (Fsp3) is 0.346. The number of halogens is 6. The summed E-state index contributed by atoms with van der Waals surface area (Å²) >= 11 is 5.75. The summed E-state index contributed by atoms with van der Waals surface area (Å²) in [4.78, 5) is 30.6. The second-order valence-corrected chi connectivity index (χ2v) is 9.37. The minimum Gasteiger partial charge on any atom is -0.373 e. The minimum absolute atomic E-state index is 0.0178. The maximum atomic E-state index is 15.4. The van der Waals surface area contributed by atoms with Crippen LogP contribution < -0.4 is 10.9 Å². The molecule has 0 bridgehead atoms. The molecule has 0 radical (unpaired) electrons. The molecule has 0 saturated heterocycles. The number of H-pyrrole nitrogens is 1. The van der Waals surface area contributed by atoms with E-state index in [1.165, 1.54) is 12.1 Å². The van der Waals surface area contributed by atoms with Gasteiger partial charge in [0.2, 0.25) is 5.91 Å². The third-order valence-electron chi connectivity index (χ3n) is 6.31. The highest BCUT2D eigenvalue weighted by Gasteiger charge is 2.38. The molecule has 202 valence electrons. The summed E-state index contributed by atoms with van der Waals surface area (Å²) in [6.45, 7) is 1.49. The molecule has 2 aromatic carbocycles. The molecule has 0 spiro atoms. The first-order valence-electron chi connectivity index (χ1n) is 11.8. The molecule has 12 heteroatoms. The van der Waals surface area contributed by atoms with Gasteiger partial charge >= 0.3 is 6.18 Å². The molecule has 4 rings (SSSR count). The van der Waals surface area contributed by atoms with E-state index in [2.05, 4.69) is 15.3 Å². The number of alkyl halides is 3. The van der Waals surface area contributed by atoms with Gasteiger partial charge in [0.1, 0.15) is 17.5 Å². The second-order valence-electron chi connectivity index (χ2n) is 8.97. The number of benzene rings is 2. The Kier molecular flexibility index (Phi) is 8.17. The van der Waals surface area contributed by atoms with E-state index < -0.39 is 52.1 Å². The number of nitrogens with one attached hydrogen (secondary N) is 2. The van der Waals surface area contributed by atoms with Gasteiger partial charge in [-0.3, -0.25) is 9.59 Å². The molecule has 2 N–H and O–H groups in total. The molecule has 1 aliphatic carbocycles. The van der Waals surface area contributed by atoms with E-state index in [1.54, 1.807) is 13.0 Å². The van der Waals surface area contributed by atoms with Gasteiger partial charge in [-0.1, -0.05) is 30.7 Å². The van der Waals surface area contributed by atoms with E-state index in [4.69, 9.17) is 16.3 Å². The van der Waals surface area contributed by atoms with Crippen LogP contribution in [0, 0.1) is 17.6 Å². The third kappa shape index (κ3) is 6.21. The lowest BCUT2D eigenvalue weighted by Gasteiger charge is -2.34. The van der Waals surface area contributed by atoms with Gasteiger partial charge in [-0.15, -0.1) is 0 Å². The number of aromatic nitrogens is 2. The minimum atomic E-state index is -4.90. The van der Waals surface area contributed by atoms with E-state index in [1.807, 2.05) is 0 Å². The predicted octanol–water partition coefficient (Wildman–Crippen LogP) is 5.56. The van der Waals surface area contributed by atoms with E-state index in [0.29, 0.717) is 24.5 Å². The summed E-state index contributed by atoms with van der Waals surface area (Å²) in [6.07, 6.45) is -4.05. The molecule has 1 amide bonds. The maximum absolute atomic E-state index is 15.4. The van der Waals surface area contributed by atoms with E-state index in [0.717, 1.165) is 12.1 Å². The third-order valence-corrected chi connectivity index (χ3v) is 6.60. The normalized spacial score (nSPS) is 17.2. The Morgan fingerprint density at radius 1 is 1.18 bits per heavy atom. The van der Waals surface area contributed by atoms with Crippen LogP contribution in [-0.4, -0.2) is 22.0 Å². The van der Waals surface area contributed by atoms with Crippen molar-refractivity contribution in [3.05, 3.63) is 85.8 Å². The molecule has 0 unspecified atom stereocenters. The molecule has 1 saturated carbocycles. The fourth-order valence-electron chi connectivity index (χ4n) is 4.12. The van der Waals surface area contributed by atoms with Crippen LogP contribution in [0.3, 0.4) is 0 Å². The van der Waals surface area contributed by atoms with Crippen molar-refractivity contribution in [1.82, 2.24) is 15.3 Å². The molecular weight excluding hydrogens is 533 g/mol. The number of carbonyl (C=O) groups is 1. The summed E-state index contributed by atoms with van der Waals surface area (Å²) in [5.74, 6) is -3.10. The number of carbonyl (C=O) groups excluding carboxylic acids is 1. The van der Waals surface area contributed by atoms with Crippen LogP contribution in [0.2, 0.25) is 5.02 Å². The van der Waals surface area contributed by atoms with Crippen molar-refractivity contribution < 1.29 is 31.5 Å². The van der Waals surface area contributed by atoms with Crippen LogP contribution in [0.25, 0.3) is 11.4 Å². The van der Waals surface area contributed by atoms with E-state index in [9.17, 15) is 27.2 Å². The number of aryl methyl sites for hydroxylation is 1. The molecule has 3 aromatic rings. The number of rotatable bonds is 8. The number of hydrogen-bond acceptors (Lipinski definition) is 4. The SMILES string of the molecule is CCc1cc(=O)[nH]c(-c2c(C(F)(F)F)ccc(CNC(=O)[C@H]3C[C@H](OCc4ccc(F)c(Cl)c4)C3)c2F)n1. The van der Waals surface area contributed by atoms with E-state index >= 15 is 4.39 Å². The molecule has 38 heavy (non-hydrogen) atoms. The average Bonchev–Trinajstić information content (AvgIpc) is 2.83. The maximum Gasteiger partial charge on any atom is 0.417 e. The van der Waals surface area contributed by atoms with Crippen molar-refractivity contribution in [3.63, 3.8) is 0 Å². The number of ether oxygens (including phenoxy) is 1. The van der Waals surface area contributed by atoms with Crippen molar-refractivity contribution in [2.24, 2.45) is 5.92 Å². The standard InChI is InChI=1S/C26H23ClF5N3O3/c1-2-16-10-21(36)35-24(34-16)22-18(26(30,31)32)5-4-14(23(22)29)11-33-25(37)15-8-17(9-15)38-12-13-3-6-20(28)19(27)7-13/h3-7,10,15,17H,2,8-9,11-12H2,1H3,(H,33,37)(H,34,35,36)/t15-,17-. The quantitative estimate of drug-likeness (QED) is 0.356. The predicted molar refractivity (Wildman–Crippen MR) is 129 cm³/mol. The van der Waals surface area contributed by atoms with Crippen LogP contribution >= 0.6 is 11.6 Å². The monoisotopic (exact) mass is 555 g/mol. The lowest BCUT2D eigenvalue weighted by molar-refractivity contribution is -0.137. The summed E-state index contributed by atoms with van der Waals surface area (Å²) in [5, 5.41) is 2.54. The molecule has 0 atom stereocenters. The average molecular weight is 556 g/mol.